The van der Waals surface area contributed by atoms with Crippen LogP contribution < -0.4 is 0 Å². The summed E-state index contributed by atoms with van der Waals surface area (Å²) in [5.74, 6) is 0.462. The van der Waals surface area contributed by atoms with Crippen molar-refractivity contribution in [1.82, 2.24) is 9.97 Å². The van der Waals surface area contributed by atoms with Crippen molar-refractivity contribution in [3.8, 4) is 33.5 Å². The second-order valence-electron chi connectivity index (χ2n) is 10.7. The number of aromatic nitrogens is 2. The minimum Gasteiger partial charge on any atom is -0.256 e. The molecule has 0 saturated heterocycles. The highest BCUT2D eigenvalue weighted by atomic mass is 14.7. The highest BCUT2D eigenvalue weighted by Gasteiger charge is 2.15. The maximum atomic E-state index is 4.75. The molecule has 0 radical (unpaired) electrons. The topological polar surface area (TPSA) is 25.8 Å². The van der Waals surface area contributed by atoms with E-state index in [2.05, 4.69) is 112 Å². The summed E-state index contributed by atoms with van der Waals surface area (Å²) in [6.45, 7) is 11.1. The van der Waals surface area contributed by atoms with Gasteiger partial charge in [-0.3, -0.25) is 9.97 Å². The van der Waals surface area contributed by atoms with Crippen molar-refractivity contribution < 1.29 is 0 Å². The molecule has 0 spiro atoms. The molecule has 2 heterocycles. The minimum atomic E-state index is 0.462. The summed E-state index contributed by atoms with van der Waals surface area (Å²) >= 11 is 0. The predicted octanol–water partition coefficient (Wildman–Crippen LogP) is 9.83. The quantitative estimate of drug-likeness (QED) is 0.229. The number of benzene rings is 4. The lowest BCUT2D eigenvalue weighted by atomic mass is 9.87. The Morgan fingerprint density at radius 2 is 1.37 bits per heavy atom. The van der Waals surface area contributed by atoms with Crippen LogP contribution in [0.15, 0.2) is 97.3 Å². The normalized spacial score (nSPS) is 11.5. The van der Waals surface area contributed by atoms with Gasteiger partial charge < -0.3 is 0 Å². The molecule has 6 aromatic rings. The van der Waals surface area contributed by atoms with Gasteiger partial charge in [-0.05, 0) is 118 Å². The zero-order valence-electron chi connectivity index (χ0n) is 22.7. The lowest BCUT2D eigenvalue weighted by Crippen LogP contribution is -1.94. The Balaban J connectivity index is 1.59. The lowest BCUT2D eigenvalue weighted by molar-refractivity contribution is 0.869. The molecule has 38 heavy (non-hydrogen) atoms. The van der Waals surface area contributed by atoms with Crippen LogP contribution >= 0.6 is 0 Å². The summed E-state index contributed by atoms with van der Waals surface area (Å²) in [5.41, 5.74) is 13.2. The first-order valence-electron chi connectivity index (χ1n) is 13.4. The highest BCUT2D eigenvalue weighted by molar-refractivity contribution is 6.13. The van der Waals surface area contributed by atoms with Crippen molar-refractivity contribution in [2.24, 2.45) is 0 Å². The van der Waals surface area contributed by atoms with Gasteiger partial charge in [0.15, 0.2) is 0 Å². The number of fused-ring (bicyclic) bond motifs is 3. The largest absolute Gasteiger partial charge is 0.256 e. The van der Waals surface area contributed by atoms with Gasteiger partial charge in [0.1, 0.15) is 0 Å². The molecule has 0 unspecified atom stereocenters. The average molecular weight is 493 g/mol. The van der Waals surface area contributed by atoms with Gasteiger partial charge >= 0.3 is 0 Å². The maximum absolute atomic E-state index is 4.75. The van der Waals surface area contributed by atoms with Crippen molar-refractivity contribution in [3.63, 3.8) is 0 Å². The van der Waals surface area contributed by atoms with Crippen molar-refractivity contribution in [2.45, 2.75) is 40.5 Å². The molecular formula is C36H32N2. The van der Waals surface area contributed by atoms with Gasteiger partial charge in [0.25, 0.3) is 0 Å². The van der Waals surface area contributed by atoms with Crippen LogP contribution in [-0.2, 0) is 0 Å². The monoisotopic (exact) mass is 492 g/mol. The molecule has 2 nitrogen and oxygen atoms in total. The van der Waals surface area contributed by atoms with Gasteiger partial charge in [0.2, 0.25) is 0 Å². The molecule has 0 aliphatic heterocycles. The third kappa shape index (κ3) is 4.26. The van der Waals surface area contributed by atoms with E-state index in [4.69, 9.17) is 4.98 Å². The fraction of sp³-hybridized carbons (Fsp3) is 0.167. The molecule has 4 aromatic carbocycles. The molecule has 0 amide bonds. The van der Waals surface area contributed by atoms with Crippen LogP contribution in [-0.4, -0.2) is 9.97 Å². The van der Waals surface area contributed by atoms with Crippen LogP contribution in [0.1, 0.15) is 42.0 Å². The lowest BCUT2D eigenvalue weighted by Gasteiger charge is -2.17. The summed E-state index contributed by atoms with van der Waals surface area (Å²) in [6, 6.07) is 31.0. The smallest absolute Gasteiger partial charge is 0.0714 e. The number of hydrogen-bond acceptors (Lipinski definition) is 2. The van der Waals surface area contributed by atoms with E-state index < -0.39 is 0 Å². The van der Waals surface area contributed by atoms with E-state index in [0.29, 0.717) is 5.92 Å². The Hall–Kier alpha value is -4.30. The van der Waals surface area contributed by atoms with Gasteiger partial charge in [-0.25, -0.2) is 0 Å². The Morgan fingerprint density at radius 3 is 2.18 bits per heavy atom. The number of aryl methyl sites for hydroxylation is 3. The number of hydrogen-bond donors (Lipinski definition) is 0. The third-order valence-corrected chi connectivity index (χ3v) is 7.66. The van der Waals surface area contributed by atoms with E-state index in [1.807, 2.05) is 24.5 Å². The van der Waals surface area contributed by atoms with Crippen molar-refractivity contribution in [1.29, 1.82) is 0 Å². The summed E-state index contributed by atoms with van der Waals surface area (Å²) in [7, 11) is 0. The summed E-state index contributed by atoms with van der Waals surface area (Å²) < 4.78 is 0. The molecule has 0 atom stereocenters. The summed E-state index contributed by atoms with van der Waals surface area (Å²) in [5, 5.41) is 3.74. The second kappa shape index (κ2) is 9.54. The molecular weight excluding hydrogens is 460 g/mol. The molecule has 0 bridgehead atoms. The summed E-state index contributed by atoms with van der Waals surface area (Å²) in [6.07, 6.45) is 3.77. The van der Waals surface area contributed by atoms with E-state index >= 15 is 0 Å². The average Bonchev–Trinajstić information content (AvgIpc) is 2.92. The number of nitrogens with zero attached hydrogens (tertiary/aromatic N) is 2. The van der Waals surface area contributed by atoms with Crippen molar-refractivity contribution in [3.05, 3.63) is 120 Å². The highest BCUT2D eigenvalue weighted by Crippen LogP contribution is 2.40. The first kappa shape index (κ1) is 24.1. The minimum absolute atomic E-state index is 0.462. The molecule has 0 fully saturated rings. The molecule has 6 rings (SSSR count). The zero-order chi connectivity index (χ0) is 26.4. The molecule has 2 aromatic heterocycles. The van der Waals surface area contributed by atoms with E-state index in [1.54, 1.807) is 0 Å². The van der Waals surface area contributed by atoms with Gasteiger partial charge in [-0.2, -0.15) is 0 Å². The van der Waals surface area contributed by atoms with Crippen LogP contribution in [0.3, 0.4) is 0 Å². The van der Waals surface area contributed by atoms with E-state index in [1.165, 1.54) is 60.7 Å². The Kier molecular flexibility index (Phi) is 6.04. The molecule has 0 aliphatic carbocycles. The Morgan fingerprint density at radius 1 is 0.553 bits per heavy atom. The van der Waals surface area contributed by atoms with Gasteiger partial charge in [-0.1, -0.05) is 62.4 Å². The SMILES string of the molecule is Cc1ccnc(-c2cccc(-c3cc(-c4cc5ncccc5c5ccc(C(C)C)cc45)c(C)cc3C)c2)c1. The van der Waals surface area contributed by atoms with E-state index in [9.17, 15) is 0 Å². The fourth-order valence-electron chi connectivity index (χ4n) is 5.57. The van der Waals surface area contributed by atoms with Gasteiger partial charge in [-0.15, -0.1) is 0 Å². The number of pyridine rings is 2. The summed E-state index contributed by atoms with van der Waals surface area (Å²) in [4.78, 5) is 9.37. The van der Waals surface area contributed by atoms with Crippen LogP contribution in [0, 0.1) is 20.8 Å². The van der Waals surface area contributed by atoms with Gasteiger partial charge in [0.05, 0.1) is 11.2 Å². The maximum Gasteiger partial charge on any atom is 0.0714 e. The standard InChI is InChI=1S/C36H32N2/c1-22(2)26-11-12-29-30-10-7-14-37-36(30)21-34(33(29)19-26)32-20-31(24(4)17-25(32)5)27-8-6-9-28(18-27)35-16-23(3)13-15-38-35/h6-22H,1-5H3. The first-order valence-corrected chi connectivity index (χ1v) is 13.4. The fourth-order valence-corrected chi connectivity index (χ4v) is 5.57. The molecule has 2 heteroatoms. The van der Waals surface area contributed by atoms with Crippen LogP contribution in [0.5, 0.6) is 0 Å². The molecule has 0 N–H and O–H groups in total. The van der Waals surface area contributed by atoms with E-state index in [0.717, 1.165) is 16.8 Å². The Labute approximate surface area is 225 Å². The van der Waals surface area contributed by atoms with Crippen LogP contribution in [0.25, 0.3) is 55.2 Å². The molecule has 0 aliphatic rings. The zero-order valence-corrected chi connectivity index (χ0v) is 22.7. The van der Waals surface area contributed by atoms with E-state index in [-0.39, 0.29) is 0 Å². The number of rotatable bonds is 4. The van der Waals surface area contributed by atoms with Crippen LogP contribution in [0.4, 0.5) is 0 Å². The van der Waals surface area contributed by atoms with Crippen molar-refractivity contribution in [2.75, 3.05) is 0 Å². The Bertz CT molecular complexity index is 1830. The molecule has 0 saturated carbocycles. The third-order valence-electron chi connectivity index (χ3n) is 7.66. The predicted molar refractivity (Wildman–Crippen MR) is 162 cm³/mol. The second-order valence-corrected chi connectivity index (χ2v) is 10.7. The molecule has 186 valence electrons. The van der Waals surface area contributed by atoms with Crippen molar-refractivity contribution >= 4 is 21.7 Å². The first-order chi connectivity index (χ1) is 18.4. The van der Waals surface area contributed by atoms with Gasteiger partial charge in [0, 0.05) is 23.3 Å². The van der Waals surface area contributed by atoms with Crippen LogP contribution in [0.2, 0.25) is 0 Å².